The standard InChI is InChI=1S/C16H18ClN3O5S2/c1-24-6-3-19(4-7-25-2)27(22,23)14-9-11-13(10-12(14)17)20-5-8-26-16(20)18-15(11)21/h5,8-10H,3-4,6-7H2,1-2H3. The third-order valence-corrected chi connectivity index (χ3v) is 7.15. The fourth-order valence-corrected chi connectivity index (χ4v) is 5.32. The molecule has 0 spiro atoms. The van der Waals surface area contributed by atoms with Crippen LogP contribution in [0, 0.1) is 0 Å². The van der Waals surface area contributed by atoms with Gasteiger partial charge >= 0.3 is 0 Å². The van der Waals surface area contributed by atoms with Crippen LogP contribution in [0.2, 0.25) is 5.02 Å². The number of nitrogens with zero attached hydrogens (tertiary/aromatic N) is 3. The maximum atomic E-state index is 13.1. The van der Waals surface area contributed by atoms with Crippen molar-refractivity contribution in [3.63, 3.8) is 0 Å². The van der Waals surface area contributed by atoms with Gasteiger partial charge in [-0.25, -0.2) is 8.42 Å². The number of sulfonamides is 1. The summed E-state index contributed by atoms with van der Waals surface area (Å²) < 4.78 is 39.2. The molecule has 0 aliphatic rings. The van der Waals surface area contributed by atoms with Crippen LogP contribution in [0.25, 0.3) is 15.9 Å². The number of halogens is 1. The van der Waals surface area contributed by atoms with Crippen LogP contribution < -0.4 is 5.56 Å². The minimum atomic E-state index is -3.96. The molecule has 0 saturated carbocycles. The van der Waals surface area contributed by atoms with Crippen LogP contribution in [-0.4, -0.2) is 62.6 Å². The van der Waals surface area contributed by atoms with Crippen molar-refractivity contribution in [2.24, 2.45) is 0 Å². The molecule has 0 unspecified atom stereocenters. The number of rotatable bonds is 8. The van der Waals surface area contributed by atoms with Gasteiger partial charge in [-0.15, -0.1) is 11.3 Å². The number of fused-ring (bicyclic) bond motifs is 3. The first-order valence-corrected chi connectivity index (χ1v) is 10.7. The molecule has 0 N–H and O–H groups in total. The molecule has 0 saturated heterocycles. The van der Waals surface area contributed by atoms with Crippen molar-refractivity contribution < 1.29 is 17.9 Å². The molecule has 0 radical (unpaired) electrons. The highest BCUT2D eigenvalue weighted by atomic mass is 35.5. The molecular formula is C16H18ClN3O5S2. The number of hydrogen-bond acceptors (Lipinski definition) is 7. The highest BCUT2D eigenvalue weighted by Crippen LogP contribution is 2.29. The van der Waals surface area contributed by atoms with Gasteiger partial charge in [-0.1, -0.05) is 11.6 Å². The van der Waals surface area contributed by atoms with E-state index in [4.69, 9.17) is 21.1 Å². The summed E-state index contributed by atoms with van der Waals surface area (Å²) in [7, 11) is -0.978. The maximum absolute atomic E-state index is 13.1. The van der Waals surface area contributed by atoms with E-state index in [9.17, 15) is 13.2 Å². The van der Waals surface area contributed by atoms with Crippen molar-refractivity contribution >= 4 is 48.8 Å². The Labute approximate surface area is 165 Å². The van der Waals surface area contributed by atoms with Gasteiger partial charge < -0.3 is 9.47 Å². The Morgan fingerprint density at radius 1 is 1.22 bits per heavy atom. The number of benzene rings is 1. The molecule has 0 amide bonds. The number of hydrogen-bond donors (Lipinski definition) is 0. The van der Waals surface area contributed by atoms with Crippen molar-refractivity contribution in [2.45, 2.75) is 4.90 Å². The first-order chi connectivity index (χ1) is 12.9. The molecule has 0 aliphatic carbocycles. The largest absolute Gasteiger partial charge is 0.383 e. The number of thiazole rings is 1. The van der Waals surface area contributed by atoms with Gasteiger partial charge in [-0.05, 0) is 12.1 Å². The fraction of sp³-hybridized carbons (Fsp3) is 0.375. The van der Waals surface area contributed by atoms with Gasteiger partial charge in [0.25, 0.3) is 5.56 Å². The van der Waals surface area contributed by atoms with Crippen LogP contribution in [0.1, 0.15) is 0 Å². The molecule has 2 aromatic heterocycles. The minimum absolute atomic E-state index is 0.0351. The lowest BCUT2D eigenvalue weighted by Gasteiger charge is -2.22. The smallest absolute Gasteiger partial charge is 0.281 e. The highest BCUT2D eigenvalue weighted by molar-refractivity contribution is 7.89. The Bertz CT molecular complexity index is 1120. The minimum Gasteiger partial charge on any atom is -0.383 e. The third-order valence-electron chi connectivity index (χ3n) is 4.03. The second kappa shape index (κ2) is 8.21. The Morgan fingerprint density at radius 2 is 1.89 bits per heavy atom. The van der Waals surface area contributed by atoms with E-state index in [1.807, 2.05) is 0 Å². The van der Waals surface area contributed by atoms with Crippen LogP contribution in [0.3, 0.4) is 0 Å². The van der Waals surface area contributed by atoms with E-state index in [1.54, 1.807) is 16.0 Å². The molecule has 3 rings (SSSR count). The molecule has 3 aromatic rings. The second-order valence-electron chi connectivity index (χ2n) is 5.66. The van der Waals surface area contributed by atoms with Gasteiger partial charge in [0.2, 0.25) is 10.0 Å². The SMILES string of the molecule is COCCN(CCOC)S(=O)(=O)c1cc2c(=O)nc3sccn3c2cc1Cl. The third kappa shape index (κ3) is 3.86. The van der Waals surface area contributed by atoms with Gasteiger partial charge in [0, 0.05) is 38.9 Å². The average molecular weight is 432 g/mol. The van der Waals surface area contributed by atoms with Crippen molar-refractivity contribution in [2.75, 3.05) is 40.5 Å². The molecule has 2 heterocycles. The van der Waals surface area contributed by atoms with Crippen LogP contribution in [-0.2, 0) is 19.5 Å². The molecule has 0 fully saturated rings. The topological polar surface area (TPSA) is 90.2 Å². The summed E-state index contributed by atoms with van der Waals surface area (Å²) in [6, 6.07) is 2.77. The Morgan fingerprint density at radius 3 is 2.52 bits per heavy atom. The van der Waals surface area contributed by atoms with Gasteiger partial charge in [0.1, 0.15) is 4.90 Å². The molecule has 11 heteroatoms. The fourth-order valence-electron chi connectivity index (χ4n) is 2.67. The van der Waals surface area contributed by atoms with E-state index in [1.165, 1.54) is 42.0 Å². The zero-order chi connectivity index (χ0) is 19.6. The van der Waals surface area contributed by atoms with Crippen LogP contribution in [0.4, 0.5) is 0 Å². The van der Waals surface area contributed by atoms with Crippen molar-refractivity contribution in [3.05, 3.63) is 39.1 Å². The first-order valence-electron chi connectivity index (χ1n) is 7.97. The summed E-state index contributed by atoms with van der Waals surface area (Å²) >= 11 is 7.63. The Kier molecular flexibility index (Phi) is 6.14. The van der Waals surface area contributed by atoms with Crippen molar-refractivity contribution in [3.8, 4) is 0 Å². The van der Waals surface area contributed by atoms with E-state index in [2.05, 4.69) is 4.98 Å². The summed E-state index contributed by atoms with van der Waals surface area (Å²) in [6.45, 7) is 0.705. The monoisotopic (exact) mass is 431 g/mol. The van der Waals surface area contributed by atoms with E-state index >= 15 is 0 Å². The zero-order valence-corrected chi connectivity index (χ0v) is 17.1. The lowest BCUT2D eigenvalue weighted by atomic mass is 10.2. The van der Waals surface area contributed by atoms with Crippen LogP contribution in [0.5, 0.6) is 0 Å². The summed E-state index contributed by atoms with van der Waals surface area (Å²) in [5, 5.41) is 2.01. The van der Waals surface area contributed by atoms with Gasteiger partial charge in [0.05, 0.1) is 29.1 Å². The van der Waals surface area contributed by atoms with Crippen LogP contribution >= 0.6 is 22.9 Å². The van der Waals surface area contributed by atoms with Crippen molar-refractivity contribution in [1.29, 1.82) is 0 Å². The van der Waals surface area contributed by atoms with Gasteiger partial charge in [-0.2, -0.15) is 9.29 Å². The van der Waals surface area contributed by atoms with E-state index in [0.29, 0.717) is 10.5 Å². The summed E-state index contributed by atoms with van der Waals surface area (Å²) in [6.07, 6.45) is 1.75. The van der Waals surface area contributed by atoms with Gasteiger partial charge in [-0.3, -0.25) is 9.20 Å². The average Bonchev–Trinajstić information content (AvgIpc) is 3.09. The van der Waals surface area contributed by atoms with E-state index in [0.717, 1.165) is 0 Å². The Balaban J connectivity index is 2.16. The van der Waals surface area contributed by atoms with Crippen LogP contribution in [0.15, 0.2) is 33.4 Å². The second-order valence-corrected chi connectivity index (χ2v) is 8.85. The number of aromatic nitrogens is 2. The molecular weight excluding hydrogens is 414 g/mol. The molecule has 146 valence electrons. The molecule has 1 aromatic carbocycles. The summed E-state index contributed by atoms with van der Waals surface area (Å²) in [4.78, 5) is 16.8. The van der Waals surface area contributed by atoms with Gasteiger partial charge in [0.15, 0.2) is 4.96 Å². The molecule has 27 heavy (non-hydrogen) atoms. The molecule has 0 bridgehead atoms. The maximum Gasteiger partial charge on any atom is 0.281 e. The summed E-state index contributed by atoms with van der Waals surface area (Å²) in [5.41, 5.74) is 0.0106. The van der Waals surface area contributed by atoms with E-state index in [-0.39, 0.29) is 41.6 Å². The lowest BCUT2D eigenvalue weighted by Crippen LogP contribution is -2.36. The molecule has 8 nitrogen and oxygen atoms in total. The first kappa shape index (κ1) is 20.2. The van der Waals surface area contributed by atoms with E-state index < -0.39 is 15.6 Å². The molecule has 0 atom stereocenters. The normalized spacial score (nSPS) is 12.4. The Hall–Kier alpha value is -1.56. The predicted octanol–water partition coefficient (Wildman–Crippen LogP) is 1.85. The predicted molar refractivity (Wildman–Crippen MR) is 104 cm³/mol. The number of ether oxygens (including phenoxy) is 2. The number of methoxy groups -OCH3 is 2. The zero-order valence-electron chi connectivity index (χ0n) is 14.7. The highest BCUT2D eigenvalue weighted by Gasteiger charge is 2.27. The summed E-state index contributed by atoms with van der Waals surface area (Å²) in [5.74, 6) is 0. The lowest BCUT2D eigenvalue weighted by molar-refractivity contribution is 0.150. The quantitative estimate of drug-likeness (QED) is 0.540. The molecule has 0 aliphatic heterocycles. The van der Waals surface area contributed by atoms with Crippen molar-refractivity contribution in [1.82, 2.24) is 13.7 Å².